The molecule has 0 radical (unpaired) electrons. The molecule has 0 spiro atoms. The van der Waals surface area contributed by atoms with Crippen LogP contribution in [0.1, 0.15) is 37.5 Å². The van der Waals surface area contributed by atoms with Crippen molar-refractivity contribution in [3.63, 3.8) is 0 Å². The molecule has 0 aromatic heterocycles. The summed E-state index contributed by atoms with van der Waals surface area (Å²) >= 11 is 0. The zero-order valence-corrected chi connectivity index (χ0v) is 27.7. The van der Waals surface area contributed by atoms with Crippen LogP contribution < -0.4 is 14.4 Å². The van der Waals surface area contributed by atoms with Gasteiger partial charge in [0.2, 0.25) is 11.8 Å². The number of nitrogens with zero attached hydrogens (tertiary/aromatic N) is 2. The number of rotatable bonds is 15. The molecule has 8 nitrogen and oxygen atoms in total. The topological polar surface area (TPSA) is 96.0 Å². The summed E-state index contributed by atoms with van der Waals surface area (Å²) in [5, 5.41) is 3.02. The summed E-state index contributed by atoms with van der Waals surface area (Å²) in [6.07, 6.45) is 0.261. The molecule has 1 unspecified atom stereocenters. The molecule has 0 bridgehead atoms. The van der Waals surface area contributed by atoms with Crippen molar-refractivity contribution in [1.82, 2.24) is 10.2 Å². The van der Waals surface area contributed by atoms with Crippen molar-refractivity contribution in [2.45, 2.75) is 51.6 Å². The Morgan fingerprint density at radius 1 is 0.826 bits per heavy atom. The van der Waals surface area contributed by atoms with Gasteiger partial charge in [0.25, 0.3) is 10.0 Å². The number of nitrogens with one attached hydrogen (secondary N) is 1. The average Bonchev–Trinajstić information content (AvgIpc) is 3.06. The number of hydrogen-bond acceptors (Lipinski definition) is 5. The minimum absolute atomic E-state index is 0.0534. The standard InChI is InChI=1S/C37H43N3O5S/c1-5-45-33-22-20-32(21-23-33)40(46(43,44)34-18-10-7-11-19-34)27-36(41)39(26-31-17-13-12-14-29(31)4)35(37(42)38-25-28(2)3)24-30-15-8-6-9-16-30/h6-23,28,35H,5,24-27H2,1-4H3,(H,38,42). The van der Waals surface area contributed by atoms with E-state index in [9.17, 15) is 18.0 Å². The van der Waals surface area contributed by atoms with Crippen LogP contribution in [0.15, 0.2) is 114 Å². The van der Waals surface area contributed by atoms with Gasteiger partial charge >= 0.3 is 0 Å². The van der Waals surface area contributed by atoms with Crippen LogP contribution in [-0.4, -0.2) is 50.9 Å². The Morgan fingerprint density at radius 3 is 2.04 bits per heavy atom. The molecule has 0 fully saturated rings. The molecular formula is C37H43N3O5S. The molecule has 1 atom stereocenters. The maximum atomic E-state index is 14.6. The van der Waals surface area contributed by atoms with Crippen LogP contribution in [0.5, 0.6) is 5.75 Å². The summed E-state index contributed by atoms with van der Waals surface area (Å²) in [6.45, 7) is 8.34. The van der Waals surface area contributed by atoms with E-state index in [2.05, 4.69) is 5.32 Å². The molecule has 0 aliphatic rings. The van der Waals surface area contributed by atoms with E-state index in [0.717, 1.165) is 21.0 Å². The summed E-state index contributed by atoms with van der Waals surface area (Å²) in [5.74, 6) is -0.0103. The molecular weight excluding hydrogens is 598 g/mol. The Labute approximate surface area is 273 Å². The van der Waals surface area contributed by atoms with Gasteiger partial charge in [-0.25, -0.2) is 8.42 Å². The first-order chi connectivity index (χ1) is 22.1. The van der Waals surface area contributed by atoms with Crippen molar-refractivity contribution in [2.75, 3.05) is 24.0 Å². The smallest absolute Gasteiger partial charge is 0.264 e. The summed E-state index contributed by atoms with van der Waals surface area (Å²) in [4.78, 5) is 30.0. The predicted octanol–water partition coefficient (Wildman–Crippen LogP) is 6.00. The second-order valence-corrected chi connectivity index (χ2v) is 13.4. The van der Waals surface area contributed by atoms with Crippen molar-refractivity contribution in [1.29, 1.82) is 0 Å². The quantitative estimate of drug-likeness (QED) is 0.172. The molecule has 4 rings (SSSR count). The third kappa shape index (κ3) is 8.97. The molecule has 9 heteroatoms. The van der Waals surface area contributed by atoms with Gasteiger partial charge in [0.1, 0.15) is 18.3 Å². The molecule has 0 saturated heterocycles. The molecule has 2 amide bonds. The first-order valence-corrected chi connectivity index (χ1v) is 17.0. The highest BCUT2D eigenvalue weighted by Crippen LogP contribution is 2.27. The Hall–Kier alpha value is -4.63. The van der Waals surface area contributed by atoms with E-state index < -0.39 is 28.5 Å². The number of benzene rings is 4. The fourth-order valence-corrected chi connectivity index (χ4v) is 6.51. The summed E-state index contributed by atoms with van der Waals surface area (Å²) < 4.78 is 34.9. The molecule has 0 heterocycles. The highest BCUT2D eigenvalue weighted by molar-refractivity contribution is 7.92. The molecule has 4 aromatic carbocycles. The monoisotopic (exact) mass is 641 g/mol. The lowest BCUT2D eigenvalue weighted by molar-refractivity contribution is -0.140. The van der Waals surface area contributed by atoms with Crippen LogP contribution >= 0.6 is 0 Å². The van der Waals surface area contributed by atoms with Gasteiger partial charge in [-0.3, -0.25) is 13.9 Å². The third-order valence-electron chi connectivity index (χ3n) is 7.60. The number of amides is 2. The van der Waals surface area contributed by atoms with Crippen LogP contribution in [-0.2, 0) is 32.6 Å². The molecule has 0 aliphatic carbocycles. The first kappa shape index (κ1) is 34.2. The molecule has 0 aliphatic heterocycles. The maximum absolute atomic E-state index is 14.6. The number of ether oxygens (including phenoxy) is 1. The van der Waals surface area contributed by atoms with Crippen molar-refractivity contribution < 1.29 is 22.7 Å². The normalized spacial score (nSPS) is 11.9. The lowest BCUT2D eigenvalue weighted by Crippen LogP contribution is -2.53. The number of anilines is 1. The van der Waals surface area contributed by atoms with Gasteiger partial charge in [-0.2, -0.15) is 0 Å². The van der Waals surface area contributed by atoms with Gasteiger partial charge in [-0.05, 0) is 72.9 Å². The van der Waals surface area contributed by atoms with E-state index in [-0.39, 0.29) is 29.7 Å². The second-order valence-electron chi connectivity index (χ2n) is 11.5. The minimum Gasteiger partial charge on any atom is -0.494 e. The van der Waals surface area contributed by atoms with Crippen molar-refractivity contribution in [2.24, 2.45) is 5.92 Å². The molecule has 0 saturated carbocycles. The number of carbonyl (C=O) groups is 2. The molecule has 242 valence electrons. The number of sulfonamides is 1. The van der Waals surface area contributed by atoms with Crippen LogP contribution in [0.4, 0.5) is 5.69 Å². The maximum Gasteiger partial charge on any atom is 0.264 e. The molecule has 46 heavy (non-hydrogen) atoms. The Balaban J connectivity index is 1.80. The second kappa shape index (κ2) is 16.1. The Kier molecular flexibility index (Phi) is 12.0. The van der Waals surface area contributed by atoms with E-state index in [1.165, 1.54) is 17.0 Å². The zero-order chi connectivity index (χ0) is 33.1. The van der Waals surface area contributed by atoms with Crippen LogP contribution in [0.3, 0.4) is 0 Å². The van der Waals surface area contributed by atoms with E-state index in [1.54, 1.807) is 42.5 Å². The van der Waals surface area contributed by atoms with Gasteiger partial charge in [0.05, 0.1) is 17.2 Å². The summed E-state index contributed by atoms with van der Waals surface area (Å²) in [7, 11) is -4.17. The van der Waals surface area contributed by atoms with Crippen LogP contribution in [0, 0.1) is 12.8 Å². The third-order valence-corrected chi connectivity index (χ3v) is 9.39. The lowest BCUT2D eigenvalue weighted by Gasteiger charge is -2.34. The Morgan fingerprint density at radius 2 is 1.43 bits per heavy atom. The fraction of sp³-hybridized carbons (Fsp3) is 0.297. The fourth-order valence-electron chi connectivity index (χ4n) is 5.07. The first-order valence-electron chi connectivity index (χ1n) is 15.6. The molecule has 4 aromatic rings. The van der Waals surface area contributed by atoms with E-state index >= 15 is 0 Å². The number of aryl methyl sites for hydroxylation is 1. The summed E-state index contributed by atoms with van der Waals surface area (Å²) in [5.41, 5.74) is 3.01. The molecule has 1 N–H and O–H groups in total. The minimum atomic E-state index is -4.17. The highest BCUT2D eigenvalue weighted by Gasteiger charge is 2.34. The van der Waals surface area contributed by atoms with Gasteiger partial charge in [0.15, 0.2) is 0 Å². The van der Waals surface area contributed by atoms with Crippen molar-refractivity contribution >= 4 is 27.5 Å². The van der Waals surface area contributed by atoms with Gasteiger partial charge in [-0.15, -0.1) is 0 Å². The van der Waals surface area contributed by atoms with Crippen molar-refractivity contribution in [3.8, 4) is 5.75 Å². The largest absolute Gasteiger partial charge is 0.494 e. The van der Waals surface area contributed by atoms with Crippen LogP contribution in [0.25, 0.3) is 0 Å². The van der Waals surface area contributed by atoms with Crippen LogP contribution in [0.2, 0.25) is 0 Å². The van der Waals surface area contributed by atoms with E-state index in [4.69, 9.17) is 4.74 Å². The highest BCUT2D eigenvalue weighted by atomic mass is 32.2. The lowest BCUT2D eigenvalue weighted by atomic mass is 10.0. The van der Waals surface area contributed by atoms with E-state index in [0.29, 0.717) is 24.6 Å². The average molecular weight is 642 g/mol. The number of hydrogen-bond donors (Lipinski definition) is 1. The van der Waals surface area contributed by atoms with Gasteiger partial charge in [0, 0.05) is 19.5 Å². The van der Waals surface area contributed by atoms with Gasteiger partial charge in [-0.1, -0.05) is 86.6 Å². The SMILES string of the molecule is CCOc1ccc(N(CC(=O)N(Cc2ccccc2C)C(Cc2ccccc2)C(=O)NCC(C)C)S(=O)(=O)c2ccccc2)cc1. The predicted molar refractivity (Wildman–Crippen MR) is 182 cm³/mol. The van der Waals surface area contributed by atoms with Crippen molar-refractivity contribution in [3.05, 3.63) is 126 Å². The summed E-state index contributed by atoms with van der Waals surface area (Å²) in [6, 6.07) is 31.0. The zero-order valence-electron chi connectivity index (χ0n) is 26.9. The number of carbonyl (C=O) groups excluding carboxylic acids is 2. The Bertz CT molecular complexity index is 1680. The van der Waals surface area contributed by atoms with Gasteiger partial charge < -0.3 is 15.0 Å². The van der Waals surface area contributed by atoms with E-state index in [1.807, 2.05) is 82.3 Å².